The number of nitrogens with one attached hydrogen (secondary N) is 2. The molecular formula is C22H24FN7. The van der Waals surface area contributed by atoms with Gasteiger partial charge in [-0.15, -0.1) is 0 Å². The number of aromatic nitrogens is 5. The van der Waals surface area contributed by atoms with Crippen molar-refractivity contribution in [3.8, 4) is 0 Å². The van der Waals surface area contributed by atoms with E-state index in [9.17, 15) is 4.39 Å². The highest BCUT2D eigenvalue weighted by molar-refractivity contribution is 5.56. The zero-order chi connectivity index (χ0) is 20.5. The first kappa shape index (κ1) is 18.7. The Hall–Kier alpha value is -3.29. The maximum absolute atomic E-state index is 14.5. The number of H-pyrrole nitrogens is 1. The third-order valence-electron chi connectivity index (χ3n) is 5.54. The average molecular weight is 405 g/mol. The first-order chi connectivity index (χ1) is 14.7. The second-order valence-corrected chi connectivity index (χ2v) is 7.80. The first-order valence-corrected chi connectivity index (χ1v) is 10.4. The fourth-order valence-electron chi connectivity index (χ4n) is 3.94. The van der Waals surface area contributed by atoms with E-state index in [0.717, 1.165) is 43.7 Å². The van der Waals surface area contributed by atoms with Gasteiger partial charge in [0.1, 0.15) is 11.6 Å². The summed E-state index contributed by atoms with van der Waals surface area (Å²) >= 11 is 0. The number of benzene rings is 1. The number of rotatable bonds is 6. The molecule has 0 amide bonds. The summed E-state index contributed by atoms with van der Waals surface area (Å²) in [4.78, 5) is 16.2. The minimum atomic E-state index is -0.183. The number of anilines is 3. The Morgan fingerprint density at radius 1 is 1.17 bits per heavy atom. The number of aromatic amines is 1. The van der Waals surface area contributed by atoms with Gasteiger partial charge in [0.05, 0.1) is 11.7 Å². The lowest BCUT2D eigenvalue weighted by atomic mass is 10.0. The third kappa shape index (κ3) is 3.77. The van der Waals surface area contributed by atoms with Crippen LogP contribution in [0.25, 0.3) is 6.08 Å². The Kier molecular flexibility index (Phi) is 4.90. The maximum Gasteiger partial charge on any atom is 0.233 e. The fourth-order valence-corrected chi connectivity index (χ4v) is 3.94. The summed E-state index contributed by atoms with van der Waals surface area (Å²) in [5.41, 5.74) is 1.59. The zero-order valence-electron chi connectivity index (χ0n) is 16.8. The summed E-state index contributed by atoms with van der Waals surface area (Å²) in [5.74, 6) is 2.71. The SMILES string of the molecule is C/C=C/c1cc(Nc2nc(C3CC3)nc(N3CCCC3c3ccccc3F)n2)n[nH]1. The van der Waals surface area contributed by atoms with E-state index in [1.54, 1.807) is 6.07 Å². The van der Waals surface area contributed by atoms with Crippen LogP contribution in [0.5, 0.6) is 0 Å². The summed E-state index contributed by atoms with van der Waals surface area (Å²) < 4.78 is 14.5. The summed E-state index contributed by atoms with van der Waals surface area (Å²) in [5, 5.41) is 10.4. The van der Waals surface area contributed by atoms with Crippen LogP contribution in [0.15, 0.2) is 36.4 Å². The fraction of sp³-hybridized carbons (Fsp3) is 0.364. The molecule has 2 N–H and O–H groups in total. The van der Waals surface area contributed by atoms with E-state index in [4.69, 9.17) is 4.98 Å². The molecule has 7 nitrogen and oxygen atoms in total. The van der Waals surface area contributed by atoms with E-state index in [1.807, 2.05) is 37.3 Å². The van der Waals surface area contributed by atoms with Crippen molar-refractivity contribution in [3.63, 3.8) is 0 Å². The van der Waals surface area contributed by atoms with Crippen molar-refractivity contribution in [1.82, 2.24) is 25.1 Å². The number of halogens is 1. The third-order valence-corrected chi connectivity index (χ3v) is 5.54. The lowest BCUT2D eigenvalue weighted by Crippen LogP contribution is -2.26. The lowest BCUT2D eigenvalue weighted by molar-refractivity contribution is 0.577. The predicted molar refractivity (Wildman–Crippen MR) is 114 cm³/mol. The van der Waals surface area contributed by atoms with Crippen LogP contribution in [-0.2, 0) is 0 Å². The summed E-state index contributed by atoms with van der Waals surface area (Å²) in [6.07, 6.45) is 7.91. The molecule has 154 valence electrons. The lowest BCUT2D eigenvalue weighted by Gasteiger charge is -2.26. The molecule has 0 bridgehead atoms. The molecular weight excluding hydrogens is 381 g/mol. The Bertz CT molecular complexity index is 1070. The van der Waals surface area contributed by atoms with E-state index < -0.39 is 0 Å². The van der Waals surface area contributed by atoms with E-state index >= 15 is 0 Å². The molecule has 1 atom stereocenters. The largest absolute Gasteiger partial charge is 0.334 e. The quantitative estimate of drug-likeness (QED) is 0.617. The molecule has 1 aliphatic heterocycles. The van der Waals surface area contributed by atoms with Gasteiger partial charge in [-0.25, -0.2) is 4.39 Å². The molecule has 1 saturated carbocycles. The average Bonchev–Trinajstić information content (AvgIpc) is 3.33. The molecule has 3 heterocycles. The van der Waals surface area contributed by atoms with Crippen LogP contribution < -0.4 is 10.2 Å². The van der Waals surface area contributed by atoms with Gasteiger partial charge in [0.2, 0.25) is 11.9 Å². The molecule has 2 aliphatic rings. The highest BCUT2D eigenvalue weighted by atomic mass is 19.1. The zero-order valence-corrected chi connectivity index (χ0v) is 16.8. The van der Waals surface area contributed by atoms with E-state index in [1.165, 1.54) is 6.07 Å². The van der Waals surface area contributed by atoms with Gasteiger partial charge in [-0.3, -0.25) is 5.10 Å². The molecule has 30 heavy (non-hydrogen) atoms. The molecule has 1 saturated heterocycles. The molecule has 2 fully saturated rings. The highest BCUT2D eigenvalue weighted by Crippen LogP contribution is 2.40. The van der Waals surface area contributed by atoms with Crippen LogP contribution in [0.2, 0.25) is 0 Å². The molecule has 5 rings (SSSR count). The van der Waals surface area contributed by atoms with Crippen molar-refractivity contribution in [3.05, 3.63) is 59.3 Å². The van der Waals surface area contributed by atoms with E-state index in [-0.39, 0.29) is 11.9 Å². The van der Waals surface area contributed by atoms with Crippen molar-refractivity contribution >= 4 is 23.8 Å². The Labute approximate surface area is 174 Å². The number of hydrogen-bond acceptors (Lipinski definition) is 6. The molecule has 2 aromatic heterocycles. The molecule has 0 spiro atoms. The van der Waals surface area contributed by atoms with Crippen LogP contribution in [-0.4, -0.2) is 31.7 Å². The van der Waals surface area contributed by atoms with Gasteiger partial charge in [-0.05, 0) is 44.7 Å². The Morgan fingerprint density at radius 3 is 2.83 bits per heavy atom. The van der Waals surface area contributed by atoms with Crippen LogP contribution in [0, 0.1) is 5.82 Å². The van der Waals surface area contributed by atoms with Crippen LogP contribution >= 0.6 is 0 Å². The van der Waals surface area contributed by atoms with Gasteiger partial charge in [0, 0.05) is 24.1 Å². The Balaban J connectivity index is 1.47. The standard InChI is InChI=1S/C22H24FN7/c1-2-6-15-13-19(29-28-15)24-21-25-20(14-10-11-14)26-22(27-21)30-12-5-9-18(30)16-7-3-4-8-17(16)23/h2-4,6-8,13-14,18H,5,9-12H2,1H3,(H2,24,25,26,27,28,29)/b6-2+. The normalized spacial score (nSPS) is 19.0. The van der Waals surface area contributed by atoms with E-state index in [2.05, 4.69) is 30.4 Å². The summed E-state index contributed by atoms with van der Waals surface area (Å²) in [6.45, 7) is 2.75. The monoisotopic (exact) mass is 405 g/mol. The van der Waals surface area contributed by atoms with Crippen molar-refractivity contribution in [2.24, 2.45) is 0 Å². The number of allylic oxidation sites excluding steroid dienone is 1. The molecule has 8 heteroatoms. The molecule has 1 aliphatic carbocycles. The van der Waals surface area contributed by atoms with Crippen molar-refractivity contribution in [2.75, 3.05) is 16.8 Å². The van der Waals surface area contributed by atoms with Gasteiger partial charge in [-0.2, -0.15) is 20.1 Å². The minimum Gasteiger partial charge on any atom is -0.334 e. The van der Waals surface area contributed by atoms with Gasteiger partial charge < -0.3 is 10.2 Å². The smallest absolute Gasteiger partial charge is 0.233 e. The van der Waals surface area contributed by atoms with E-state index in [0.29, 0.717) is 29.2 Å². The molecule has 0 radical (unpaired) electrons. The predicted octanol–water partition coefficient (Wildman–Crippen LogP) is 4.73. The van der Waals surface area contributed by atoms with Gasteiger partial charge in [-0.1, -0.05) is 24.3 Å². The van der Waals surface area contributed by atoms with Crippen LogP contribution in [0.1, 0.15) is 61.6 Å². The van der Waals surface area contributed by atoms with Crippen molar-refractivity contribution in [2.45, 2.75) is 44.6 Å². The topological polar surface area (TPSA) is 82.6 Å². The van der Waals surface area contributed by atoms with Crippen LogP contribution in [0.4, 0.5) is 22.1 Å². The maximum atomic E-state index is 14.5. The highest BCUT2D eigenvalue weighted by Gasteiger charge is 2.33. The number of hydrogen-bond donors (Lipinski definition) is 2. The van der Waals surface area contributed by atoms with Crippen molar-refractivity contribution in [1.29, 1.82) is 0 Å². The van der Waals surface area contributed by atoms with Crippen LogP contribution in [0.3, 0.4) is 0 Å². The first-order valence-electron chi connectivity index (χ1n) is 10.4. The Morgan fingerprint density at radius 2 is 2.03 bits per heavy atom. The van der Waals surface area contributed by atoms with Gasteiger partial charge in [0.15, 0.2) is 5.82 Å². The van der Waals surface area contributed by atoms with Gasteiger partial charge in [0.25, 0.3) is 0 Å². The molecule has 3 aromatic rings. The summed E-state index contributed by atoms with van der Waals surface area (Å²) in [6, 6.07) is 8.80. The summed E-state index contributed by atoms with van der Waals surface area (Å²) in [7, 11) is 0. The minimum absolute atomic E-state index is 0.0693. The van der Waals surface area contributed by atoms with Crippen molar-refractivity contribution < 1.29 is 4.39 Å². The molecule has 1 aromatic carbocycles. The second-order valence-electron chi connectivity index (χ2n) is 7.80. The van der Waals surface area contributed by atoms with Gasteiger partial charge >= 0.3 is 0 Å². The number of nitrogens with zero attached hydrogens (tertiary/aromatic N) is 5. The second kappa shape index (κ2) is 7.85. The molecule has 1 unspecified atom stereocenters.